The Kier molecular flexibility index (Phi) is 9.64. The van der Waals surface area contributed by atoms with Crippen LogP contribution in [0, 0.1) is 12.8 Å². The zero-order valence-corrected chi connectivity index (χ0v) is 21.8. The molecule has 2 atom stereocenters. The number of benzene rings is 2. The lowest BCUT2D eigenvalue weighted by molar-refractivity contribution is -0.128. The number of hydrogen-bond acceptors (Lipinski definition) is 4. The third kappa shape index (κ3) is 6.73. The molecule has 1 amide bonds. The van der Waals surface area contributed by atoms with Crippen molar-refractivity contribution in [3.8, 4) is 29.9 Å². The summed E-state index contributed by atoms with van der Waals surface area (Å²) in [6.07, 6.45) is 16.4. The van der Waals surface area contributed by atoms with Crippen molar-refractivity contribution in [2.45, 2.75) is 33.0 Å². The van der Waals surface area contributed by atoms with Crippen LogP contribution < -0.4 is 5.30 Å². The van der Waals surface area contributed by atoms with Gasteiger partial charge in [0.25, 0.3) is 5.91 Å². The minimum absolute atomic E-state index is 0.0358. The minimum atomic E-state index is -0.495. The molecule has 3 aromatic rings. The van der Waals surface area contributed by atoms with Gasteiger partial charge in [-0.1, -0.05) is 60.2 Å². The highest BCUT2D eigenvalue weighted by Crippen LogP contribution is 2.34. The van der Waals surface area contributed by atoms with Gasteiger partial charge in [0, 0.05) is 23.9 Å². The third-order valence-electron chi connectivity index (χ3n) is 5.91. The number of allylic oxidation sites excluding steroid dienone is 4. The first-order valence-electron chi connectivity index (χ1n) is 11.7. The fraction of sp³-hybridized carbons (Fsp3) is 0.241. The van der Waals surface area contributed by atoms with E-state index in [1.54, 1.807) is 17.0 Å². The number of amides is 1. The van der Waals surface area contributed by atoms with E-state index in [0.29, 0.717) is 19.5 Å². The highest BCUT2D eigenvalue weighted by Gasteiger charge is 2.35. The Morgan fingerprint density at radius 2 is 1.89 bits per heavy atom. The average molecular weight is 502 g/mol. The number of ether oxygens (including phenoxy) is 1. The van der Waals surface area contributed by atoms with Crippen molar-refractivity contribution in [1.82, 2.24) is 14.7 Å². The van der Waals surface area contributed by atoms with Gasteiger partial charge in [-0.2, -0.15) is 5.10 Å². The summed E-state index contributed by atoms with van der Waals surface area (Å²) in [5, 5.41) is 15.5. The summed E-state index contributed by atoms with van der Waals surface area (Å²) in [6.45, 7) is 5.26. The Hall–Kier alpha value is -3.65. The first-order chi connectivity index (χ1) is 17.4. The molecular weight excluding hydrogens is 469 g/mol. The van der Waals surface area contributed by atoms with Gasteiger partial charge in [0.1, 0.15) is 18.1 Å². The summed E-state index contributed by atoms with van der Waals surface area (Å²) < 4.78 is 7.87. The molecule has 0 saturated carbocycles. The van der Waals surface area contributed by atoms with Gasteiger partial charge in [-0.15, -0.1) is 22.1 Å². The molecule has 2 aromatic carbocycles. The number of aromatic nitrogens is 2. The lowest BCUT2D eigenvalue weighted by atomic mass is 10.1. The predicted molar refractivity (Wildman–Crippen MR) is 148 cm³/mol. The molecule has 2 unspecified atom stereocenters. The van der Waals surface area contributed by atoms with Crippen LogP contribution in [0.1, 0.15) is 31.2 Å². The maximum atomic E-state index is 12.7. The summed E-state index contributed by atoms with van der Waals surface area (Å²) in [7, 11) is 2.70. The number of phenols is 1. The van der Waals surface area contributed by atoms with Crippen molar-refractivity contribution in [3.05, 3.63) is 89.7 Å². The zero-order chi connectivity index (χ0) is 26.1. The van der Waals surface area contributed by atoms with E-state index >= 15 is 0 Å². The lowest BCUT2D eigenvalue weighted by Crippen LogP contribution is -2.30. The van der Waals surface area contributed by atoms with E-state index in [9.17, 15) is 9.90 Å². The Bertz CT molecular complexity index is 1240. The normalized spacial score (nSPS) is 15.8. The van der Waals surface area contributed by atoms with Gasteiger partial charge in [0.15, 0.2) is 6.23 Å². The van der Waals surface area contributed by atoms with Crippen molar-refractivity contribution >= 4 is 20.5 Å². The number of rotatable bonds is 8. The van der Waals surface area contributed by atoms with Crippen LogP contribution in [0.25, 0.3) is 11.3 Å². The minimum Gasteiger partial charge on any atom is -0.508 e. The van der Waals surface area contributed by atoms with Gasteiger partial charge in [-0.05, 0) is 43.3 Å². The molecule has 1 fully saturated rings. The molecule has 6 nitrogen and oxygen atoms in total. The lowest BCUT2D eigenvalue weighted by Gasteiger charge is -2.23. The van der Waals surface area contributed by atoms with E-state index in [1.165, 1.54) is 5.57 Å². The van der Waals surface area contributed by atoms with E-state index in [0.717, 1.165) is 27.7 Å². The quantitative estimate of drug-likeness (QED) is 0.278. The molecule has 0 spiro atoms. The molecule has 1 saturated heterocycles. The Morgan fingerprint density at radius 1 is 1.19 bits per heavy atom. The molecule has 1 N–H and O–H groups in total. The van der Waals surface area contributed by atoms with Crippen molar-refractivity contribution in [3.63, 3.8) is 0 Å². The molecule has 1 aromatic heterocycles. The highest BCUT2D eigenvalue weighted by molar-refractivity contribution is 7.27. The smallest absolute Gasteiger partial charge is 0.250 e. The summed E-state index contributed by atoms with van der Waals surface area (Å²) in [6, 6.07) is 15.2. The van der Waals surface area contributed by atoms with Crippen LogP contribution in [0.15, 0.2) is 78.5 Å². The molecule has 4 rings (SSSR count). The fourth-order valence-corrected chi connectivity index (χ4v) is 4.08. The monoisotopic (exact) mass is 501 g/mol. The van der Waals surface area contributed by atoms with Crippen LogP contribution in [0.5, 0.6) is 5.75 Å². The molecule has 7 heteroatoms. The summed E-state index contributed by atoms with van der Waals surface area (Å²) in [5.41, 5.74) is 4.91. The molecule has 1 aliphatic rings. The molecule has 186 valence electrons. The van der Waals surface area contributed by atoms with E-state index in [-0.39, 0.29) is 18.3 Å². The number of nitrogens with zero attached hydrogens (tertiary/aromatic N) is 3. The van der Waals surface area contributed by atoms with Crippen LogP contribution in [-0.4, -0.2) is 38.8 Å². The Balaban J connectivity index is 0.00000176. The van der Waals surface area contributed by atoms with E-state index in [2.05, 4.69) is 47.2 Å². The first-order valence-corrected chi connectivity index (χ1v) is 12.3. The van der Waals surface area contributed by atoms with Crippen LogP contribution in [0.4, 0.5) is 0 Å². The van der Waals surface area contributed by atoms with Crippen molar-refractivity contribution in [1.29, 1.82) is 0 Å². The van der Waals surface area contributed by atoms with E-state index in [1.807, 2.05) is 54.2 Å². The topological polar surface area (TPSA) is 67.6 Å². The van der Waals surface area contributed by atoms with Crippen molar-refractivity contribution < 1.29 is 14.6 Å². The SMILES string of the molecule is C#C.C/C=C(C)\C=C/Cn1cc(C2OCC(=O)N2CCc2ccc(O)cc2)c(-c2ccc(P)cc2)n1. The fourth-order valence-electron chi connectivity index (χ4n) is 3.88. The van der Waals surface area contributed by atoms with Gasteiger partial charge in [0.05, 0.1) is 6.54 Å². The van der Waals surface area contributed by atoms with Crippen LogP contribution in [0.3, 0.4) is 0 Å². The van der Waals surface area contributed by atoms with E-state index < -0.39 is 6.23 Å². The second-order valence-corrected chi connectivity index (χ2v) is 9.05. The van der Waals surface area contributed by atoms with Gasteiger partial charge in [-0.3, -0.25) is 9.48 Å². The molecule has 2 heterocycles. The van der Waals surface area contributed by atoms with Gasteiger partial charge >= 0.3 is 0 Å². The Morgan fingerprint density at radius 3 is 2.56 bits per heavy atom. The number of phenolic OH excluding ortho intramolecular Hbond substituents is 1. The van der Waals surface area contributed by atoms with Crippen LogP contribution in [-0.2, 0) is 22.5 Å². The van der Waals surface area contributed by atoms with Gasteiger partial charge in [0.2, 0.25) is 0 Å². The standard InChI is InChI=1S/C27H30N3O3P.C2H2/c1-3-19(2)5-4-15-29-17-24(26(28-29)21-8-12-23(34)13-9-21)27-30(25(32)18-33-27)16-14-20-6-10-22(31)11-7-20;1-2/h3-13,17,27,31H,14-16,18,34H2,1-2H3;1-2H/b5-4-,19-3-;. The number of carbonyl (C=O) groups excluding carboxylic acids is 1. The zero-order valence-electron chi connectivity index (χ0n) is 20.7. The molecule has 36 heavy (non-hydrogen) atoms. The van der Waals surface area contributed by atoms with Crippen molar-refractivity contribution in [2.75, 3.05) is 13.2 Å². The highest BCUT2D eigenvalue weighted by atomic mass is 31.0. The van der Waals surface area contributed by atoms with Crippen molar-refractivity contribution in [2.24, 2.45) is 0 Å². The summed E-state index contributed by atoms with van der Waals surface area (Å²) in [5.74, 6) is 0.195. The maximum Gasteiger partial charge on any atom is 0.250 e. The van der Waals surface area contributed by atoms with Crippen LogP contribution in [0.2, 0.25) is 0 Å². The second kappa shape index (κ2) is 12.9. The Labute approximate surface area is 215 Å². The van der Waals surface area contributed by atoms with Gasteiger partial charge < -0.3 is 14.7 Å². The molecule has 0 radical (unpaired) electrons. The molecule has 0 aliphatic carbocycles. The maximum absolute atomic E-state index is 12.7. The third-order valence-corrected chi connectivity index (χ3v) is 6.30. The summed E-state index contributed by atoms with van der Waals surface area (Å²) in [4.78, 5) is 14.5. The number of carbonyl (C=O) groups is 1. The molecule has 0 bridgehead atoms. The average Bonchev–Trinajstić information content (AvgIpc) is 3.48. The van der Waals surface area contributed by atoms with Gasteiger partial charge in [-0.25, -0.2) is 0 Å². The molecule has 1 aliphatic heterocycles. The predicted octanol–water partition coefficient (Wildman–Crippen LogP) is 4.63. The first kappa shape index (κ1) is 26.9. The largest absolute Gasteiger partial charge is 0.508 e. The van der Waals surface area contributed by atoms with Crippen LogP contribution >= 0.6 is 9.24 Å². The molecular formula is C29H32N3O3P. The second-order valence-electron chi connectivity index (χ2n) is 8.38. The van der Waals surface area contributed by atoms with E-state index in [4.69, 9.17) is 9.84 Å². The number of hydrogen-bond donors (Lipinski definition) is 1. The number of aromatic hydroxyl groups is 1. The number of terminal acetylenes is 1. The summed E-state index contributed by atoms with van der Waals surface area (Å²) >= 11 is 0.